The zero-order valence-corrected chi connectivity index (χ0v) is 18.7. The van der Waals surface area contributed by atoms with Crippen molar-refractivity contribution < 1.29 is 17.9 Å². The van der Waals surface area contributed by atoms with Crippen LogP contribution in [0.2, 0.25) is 5.02 Å². The molecule has 2 rings (SSSR count). The average molecular weight is 439 g/mol. The Hall–Kier alpha value is -2.09. The number of carbonyl (C=O) groups excluding carboxylic acids is 1. The molecule has 0 bridgehead atoms. The van der Waals surface area contributed by atoms with Gasteiger partial charge < -0.3 is 10.1 Å². The summed E-state index contributed by atoms with van der Waals surface area (Å²) in [7, 11) is -3.70. The largest absolute Gasteiger partial charge is 0.491 e. The summed E-state index contributed by atoms with van der Waals surface area (Å²) in [6.45, 7) is 8.65. The van der Waals surface area contributed by atoms with E-state index in [1.54, 1.807) is 19.9 Å². The highest BCUT2D eigenvalue weighted by Gasteiger charge is 2.24. The summed E-state index contributed by atoms with van der Waals surface area (Å²) in [5.41, 5.74) is 1.59. The molecule has 2 aromatic rings. The zero-order valence-electron chi connectivity index (χ0n) is 17.2. The fraction of sp³-hybridized carbons (Fsp3) is 0.381. The lowest BCUT2D eigenvalue weighted by Crippen LogP contribution is -2.30. The second-order valence-electron chi connectivity index (χ2n) is 6.53. The lowest BCUT2D eigenvalue weighted by atomic mass is 10.1. The van der Waals surface area contributed by atoms with Gasteiger partial charge in [-0.05, 0) is 49.2 Å². The Morgan fingerprint density at radius 3 is 2.41 bits per heavy atom. The molecule has 0 unspecified atom stereocenters. The molecule has 0 fully saturated rings. The van der Waals surface area contributed by atoms with E-state index in [1.165, 1.54) is 22.5 Å². The molecular weight excluding hydrogens is 412 g/mol. The van der Waals surface area contributed by atoms with Crippen LogP contribution in [0.15, 0.2) is 41.3 Å². The Bertz CT molecular complexity index is 973. The predicted octanol–water partition coefficient (Wildman–Crippen LogP) is 4.72. The first-order chi connectivity index (χ1) is 13.7. The van der Waals surface area contributed by atoms with Crippen molar-refractivity contribution in [2.45, 2.75) is 39.0 Å². The van der Waals surface area contributed by atoms with Crippen LogP contribution in [0, 0.1) is 6.92 Å². The summed E-state index contributed by atoms with van der Waals surface area (Å²) in [5, 5.41) is 2.95. The molecule has 0 saturated heterocycles. The van der Waals surface area contributed by atoms with Crippen LogP contribution in [0.1, 0.15) is 43.1 Å². The molecule has 0 aliphatic carbocycles. The Morgan fingerprint density at radius 2 is 1.79 bits per heavy atom. The summed E-state index contributed by atoms with van der Waals surface area (Å²) >= 11 is 6.20. The van der Waals surface area contributed by atoms with Gasteiger partial charge in [0.25, 0.3) is 5.91 Å². The molecule has 158 valence electrons. The van der Waals surface area contributed by atoms with Gasteiger partial charge in [-0.3, -0.25) is 4.79 Å². The SMILES string of the molecule is CCCOc1cc(C)ccc1NC(=O)c1cc(S(=O)(=O)N(CC)CC)ccc1Cl. The average Bonchev–Trinajstić information content (AvgIpc) is 2.68. The van der Waals surface area contributed by atoms with Crippen LogP contribution in [0.3, 0.4) is 0 Å². The van der Waals surface area contributed by atoms with Crippen molar-refractivity contribution >= 4 is 33.2 Å². The number of sulfonamides is 1. The number of ether oxygens (including phenoxy) is 1. The normalized spacial score (nSPS) is 11.5. The molecule has 2 aromatic carbocycles. The van der Waals surface area contributed by atoms with E-state index in [0.29, 0.717) is 31.1 Å². The van der Waals surface area contributed by atoms with Crippen molar-refractivity contribution in [3.63, 3.8) is 0 Å². The summed E-state index contributed by atoms with van der Waals surface area (Å²) < 4.78 is 32.6. The van der Waals surface area contributed by atoms with Crippen LogP contribution in [0.25, 0.3) is 0 Å². The topological polar surface area (TPSA) is 75.7 Å². The third kappa shape index (κ3) is 5.50. The van der Waals surface area contributed by atoms with Crippen LogP contribution in [0.5, 0.6) is 5.75 Å². The van der Waals surface area contributed by atoms with Crippen LogP contribution in [-0.2, 0) is 10.0 Å². The van der Waals surface area contributed by atoms with Gasteiger partial charge in [-0.2, -0.15) is 4.31 Å². The molecule has 0 saturated carbocycles. The molecule has 0 heterocycles. The van der Waals surface area contributed by atoms with Gasteiger partial charge in [0.1, 0.15) is 5.75 Å². The second kappa shape index (κ2) is 10.1. The maximum atomic E-state index is 12.9. The molecule has 1 N–H and O–H groups in total. The van der Waals surface area contributed by atoms with Crippen molar-refractivity contribution in [2.24, 2.45) is 0 Å². The van der Waals surface area contributed by atoms with E-state index in [2.05, 4.69) is 5.32 Å². The Morgan fingerprint density at radius 1 is 1.10 bits per heavy atom. The van der Waals surface area contributed by atoms with Gasteiger partial charge in [-0.1, -0.05) is 38.4 Å². The first kappa shape index (κ1) is 23.2. The third-order valence-electron chi connectivity index (χ3n) is 4.37. The Balaban J connectivity index is 2.37. The molecule has 1 amide bonds. The first-order valence-corrected chi connectivity index (χ1v) is 11.4. The fourth-order valence-electron chi connectivity index (χ4n) is 2.81. The lowest BCUT2D eigenvalue weighted by molar-refractivity contribution is 0.102. The van der Waals surface area contributed by atoms with Crippen LogP contribution >= 0.6 is 11.6 Å². The molecule has 0 radical (unpaired) electrons. The van der Waals surface area contributed by atoms with E-state index in [4.69, 9.17) is 16.3 Å². The van der Waals surface area contributed by atoms with Gasteiger partial charge in [0.2, 0.25) is 10.0 Å². The van der Waals surface area contributed by atoms with Gasteiger partial charge in [0.05, 0.1) is 27.8 Å². The van der Waals surface area contributed by atoms with Gasteiger partial charge in [-0.15, -0.1) is 0 Å². The predicted molar refractivity (Wildman–Crippen MR) is 116 cm³/mol. The number of anilines is 1. The number of nitrogens with zero attached hydrogens (tertiary/aromatic N) is 1. The van der Waals surface area contributed by atoms with Crippen molar-refractivity contribution in [1.82, 2.24) is 4.31 Å². The Labute approximate surface area is 177 Å². The summed E-state index contributed by atoms with van der Waals surface area (Å²) in [5.74, 6) is 0.0556. The highest BCUT2D eigenvalue weighted by molar-refractivity contribution is 7.89. The van der Waals surface area contributed by atoms with E-state index in [-0.39, 0.29) is 15.5 Å². The van der Waals surface area contributed by atoms with Crippen molar-refractivity contribution in [3.05, 3.63) is 52.5 Å². The number of aryl methyl sites for hydroxylation is 1. The monoisotopic (exact) mass is 438 g/mol. The quantitative estimate of drug-likeness (QED) is 0.614. The van der Waals surface area contributed by atoms with Crippen LogP contribution in [-0.4, -0.2) is 38.3 Å². The molecule has 0 aliphatic heterocycles. The van der Waals surface area contributed by atoms with E-state index in [9.17, 15) is 13.2 Å². The minimum absolute atomic E-state index is 0.0297. The maximum absolute atomic E-state index is 12.9. The van der Waals surface area contributed by atoms with Gasteiger partial charge in [0, 0.05) is 13.1 Å². The van der Waals surface area contributed by atoms with E-state index in [0.717, 1.165) is 12.0 Å². The highest BCUT2D eigenvalue weighted by atomic mass is 35.5. The number of hydrogen-bond acceptors (Lipinski definition) is 4. The first-order valence-electron chi connectivity index (χ1n) is 9.59. The number of rotatable bonds is 9. The summed E-state index contributed by atoms with van der Waals surface area (Å²) in [6.07, 6.45) is 0.832. The standard InChI is InChI=1S/C21H27ClN2O4S/c1-5-12-28-20-13-15(4)8-11-19(20)23-21(25)17-14-16(9-10-18(17)22)29(26,27)24(6-2)7-3/h8-11,13-14H,5-7,12H2,1-4H3,(H,23,25). The van der Waals surface area contributed by atoms with E-state index in [1.807, 2.05) is 26.0 Å². The number of carbonyl (C=O) groups is 1. The lowest BCUT2D eigenvalue weighted by Gasteiger charge is -2.19. The van der Waals surface area contributed by atoms with Crippen LogP contribution in [0.4, 0.5) is 5.69 Å². The molecule has 0 aromatic heterocycles. The van der Waals surface area contributed by atoms with Gasteiger partial charge in [-0.25, -0.2) is 8.42 Å². The van der Waals surface area contributed by atoms with Crippen molar-refractivity contribution in [1.29, 1.82) is 0 Å². The fourth-order valence-corrected chi connectivity index (χ4v) is 4.49. The summed E-state index contributed by atoms with van der Waals surface area (Å²) in [4.78, 5) is 12.9. The highest BCUT2D eigenvalue weighted by Crippen LogP contribution is 2.28. The molecule has 0 atom stereocenters. The van der Waals surface area contributed by atoms with E-state index < -0.39 is 15.9 Å². The molecule has 29 heavy (non-hydrogen) atoms. The number of hydrogen-bond donors (Lipinski definition) is 1. The van der Waals surface area contributed by atoms with Gasteiger partial charge in [0.15, 0.2) is 0 Å². The third-order valence-corrected chi connectivity index (χ3v) is 6.75. The minimum atomic E-state index is -3.70. The van der Waals surface area contributed by atoms with Crippen molar-refractivity contribution in [2.75, 3.05) is 25.0 Å². The minimum Gasteiger partial charge on any atom is -0.491 e. The Kier molecular flexibility index (Phi) is 8.07. The molecule has 6 nitrogen and oxygen atoms in total. The molecule has 0 spiro atoms. The van der Waals surface area contributed by atoms with Gasteiger partial charge >= 0.3 is 0 Å². The smallest absolute Gasteiger partial charge is 0.257 e. The second-order valence-corrected chi connectivity index (χ2v) is 8.88. The van der Waals surface area contributed by atoms with Crippen LogP contribution < -0.4 is 10.1 Å². The number of nitrogens with one attached hydrogen (secondary N) is 1. The van der Waals surface area contributed by atoms with Crippen molar-refractivity contribution in [3.8, 4) is 5.75 Å². The number of amides is 1. The molecule has 0 aliphatic rings. The maximum Gasteiger partial charge on any atom is 0.257 e. The molecular formula is C21H27ClN2O4S. The van der Waals surface area contributed by atoms with E-state index >= 15 is 0 Å². The zero-order chi connectivity index (χ0) is 21.6. The number of halogens is 1. The molecule has 8 heteroatoms. The number of benzene rings is 2. The summed E-state index contributed by atoms with van der Waals surface area (Å²) in [6, 6.07) is 9.60.